The van der Waals surface area contributed by atoms with Gasteiger partial charge in [-0.15, -0.1) is 0 Å². The predicted molar refractivity (Wildman–Crippen MR) is 34.5 cm³/mol. The first-order chi connectivity index (χ1) is 4.81. The summed E-state index contributed by atoms with van der Waals surface area (Å²) in [6, 6.07) is 0. The topological polar surface area (TPSA) is 38.7 Å². The molecule has 1 heterocycles. The van der Waals surface area contributed by atoms with Crippen LogP contribution >= 0.6 is 0 Å². The van der Waals surface area contributed by atoms with Gasteiger partial charge in [0, 0.05) is 12.8 Å². The van der Waals surface area contributed by atoms with Gasteiger partial charge in [0.05, 0.1) is 19.3 Å². The van der Waals surface area contributed by atoms with Crippen molar-refractivity contribution < 1.29 is 14.6 Å². The molecule has 1 N–H and O–H groups in total. The maximum absolute atomic E-state index is 9.19. The molecule has 0 aromatic rings. The third-order valence-corrected chi connectivity index (χ3v) is 2.22. The Morgan fingerprint density at radius 1 is 1.30 bits per heavy atom. The van der Waals surface area contributed by atoms with Crippen LogP contribution in [-0.2, 0) is 9.47 Å². The smallest absolute Gasteiger partial charge is 0.171 e. The Bertz CT molecular complexity index is 129. The normalized spacial score (nSPS) is 37.5. The second kappa shape index (κ2) is 2.19. The molecule has 0 amide bonds. The molecule has 0 bridgehead atoms. The Labute approximate surface area is 59.9 Å². The summed E-state index contributed by atoms with van der Waals surface area (Å²) in [5, 5.41) is 9.19. The van der Waals surface area contributed by atoms with Crippen molar-refractivity contribution in [2.24, 2.45) is 0 Å². The van der Waals surface area contributed by atoms with Crippen LogP contribution in [0, 0.1) is 0 Å². The molecule has 10 heavy (non-hydrogen) atoms. The van der Waals surface area contributed by atoms with Crippen LogP contribution in [-0.4, -0.2) is 30.2 Å². The zero-order valence-corrected chi connectivity index (χ0v) is 5.88. The van der Waals surface area contributed by atoms with Gasteiger partial charge in [0.25, 0.3) is 0 Å². The number of aliphatic hydroxyl groups is 1. The van der Waals surface area contributed by atoms with Crippen molar-refractivity contribution in [3.63, 3.8) is 0 Å². The van der Waals surface area contributed by atoms with E-state index < -0.39 is 0 Å². The van der Waals surface area contributed by atoms with Crippen molar-refractivity contribution in [3.05, 3.63) is 0 Å². The highest BCUT2D eigenvalue weighted by atomic mass is 16.7. The minimum atomic E-state index is -0.389. The van der Waals surface area contributed by atoms with Crippen LogP contribution in [0.4, 0.5) is 0 Å². The minimum absolute atomic E-state index is 0.210. The third-order valence-electron chi connectivity index (χ3n) is 2.22. The van der Waals surface area contributed by atoms with E-state index in [1.807, 2.05) is 0 Å². The molecule has 1 atom stereocenters. The third kappa shape index (κ3) is 0.944. The zero-order valence-electron chi connectivity index (χ0n) is 5.88. The Hall–Kier alpha value is -0.120. The number of hydrogen-bond donors (Lipinski definition) is 1. The Morgan fingerprint density at radius 3 is 2.50 bits per heavy atom. The van der Waals surface area contributed by atoms with E-state index in [0.717, 1.165) is 12.8 Å². The van der Waals surface area contributed by atoms with Gasteiger partial charge in [-0.25, -0.2) is 0 Å². The van der Waals surface area contributed by atoms with Crippen LogP contribution in [0.3, 0.4) is 0 Å². The molecule has 1 saturated carbocycles. The highest BCUT2D eigenvalue weighted by molar-refractivity contribution is 4.85. The zero-order chi connectivity index (χ0) is 7.03. The average molecular weight is 144 g/mol. The van der Waals surface area contributed by atoms with E-state index in [1.165, 1.54) is 0 Å². The van der Waals surface area contributed by atoms with E-state index in [1.54, 1.807) is 0 Å². The molecular weight excluding hydrogens is 132 g/mol. The van der Waals surface area contributed by atoms with E-state index in [2.05, 4.69) is 0 Å². The largest absolute Gasteiger partial charge is 0.393 e. The van der Waals surface area contributed by atoms with Crippen molar-refractivity contribution >= 4 is 0 Å². The van der Waals surface area contributed by atoms with Gasteiger partial charge in [-0.3, -0.25) is 0 Å². The van der Waals surface area contributed by atoms with E-state index in [0.29, 0.717) is 19.6 Å². The van der Waals surface area contributed by atoms with Gasteiger partial charge in [0.1, 0.15) is 0 Å². The van der Waals surface area contributed by atoms with Gasteiger partial charge in [0.2, 0.25) is 0 Å². The van der Waals surface area contributed by atoms with E-state index in [4.69, 9.17) is 9.47 Å². The lowest BCUT2D eigenvalue weighted by Crippen LogP contribution is -2.26. The summed E-state index contributed by atoms with van der Waals surface area (Å²) in [6.07, 6.45) is 2.12. The summed E-state index contributed by atoms with van der Waals surface area (Å²) in [4.78, 5) is 0. The molecule has 1 aliphatic carbocycles. The molecule has 2 fully saturated rings. The summed E-state index contributed by atoms with van der Waals surface area (Å²) in [5.41, 5.74) is 0. The second-order valence-electron chi connectivity index (χ2n) is 3.00. The van der Waals surface area contributed by atoms with Crippen molar-refractivity contribution in [1.29, 1.82) is 0 Å². The van der Waals surface area contributed by atoms with E-state index in [-0.39, 0.29) is 11.9 Å². The molecule has 2 aliphatic rings. The summed E-state index contributed by atoms with van der Waals surface area (Å²) in [6.45, 7) is 1.37. The molecule has 58 valence electrons. The summed E-state index contributed by atoms with van der Waals surface area (Å²) in [7, 11) is 0. The van der Waals surface area contributed by atoms with Gasteiger partial charge in [-0.2, -0.15) is 0 Å². The van der Waals surface area contributed by atoms with Crippen LogP contribution in [0.1, 0.15) is 19.3 Å². The van der Waals surface area contributed by atoms with Crippen molar-refractivity contribution in [1.82, 2.24) is 0 Å². The van der Waals surface area contributed by atoms with Crippen LogP contribution < -0.4 is 0 Å². The quantitative estimate of drug-likeness (QED) is 0.530. The van der Waals surface area contributed by atoms with Gasteiger partial charge in [-0.1, -0.05) is 0 Å². The first-order valence-corrected chi connectivity index (χ1v) is 3.77. The molecular formula is C7H12O3. The second-order valence-corrected chi connectivity index (χ2v) is 3.00. The fourth-order valence-electron chi connectivity index (χ4n) is 1.71. The van der Waals surface area contributed by atoms with Gasteiger partial charge in [0.15, 0.2) is 5.79 Å². The van der Waals surface area contributed by atoms with Crippen molar-refractivity contribution in [2.75, 3.05) is 13.2 Å². The maximum atomic E-state index is 9.19. The lowest BCUT2D eigenvalue weighted by Gasteiger charge is -2.20. The Kier molecular flexibility index (Phi) is 1.44. The van der Waals surface area contributed by atoms with Gasteiger partial charge in [-0.05, 0) is 6.42 Å². The lowest BCUT2D eigenvalue weighted by atomic mass is 10.2. The Morgan fingerprint density at radius 2 is 2.00 bits per heavy atom. The number of aliphatic hydroxyl groups excluding tert-OH is 1. The van der Waals surface area contributed by atoms with E-state index in [9.17, 15) is 5.11 Å². The molecule has 0 radical (unpaired) electrons. The lowest BCUT2D eigenvalue weighted by molar-refractivity contribution is -0.155. The van der Waals surface area contributed by atoms with Crippen molar-refractivity contribution in [3.8, 4) is 0 Å². The van der Waals surface area contributed by atoms with Crippen molar-refractivity contribution in [2.45, 2.75) is 31.2 Å². The Balaban J connectivity index is 2.03. The first-order valence-electron chi connectivity index (χ1n) is 3.77. The summed E-state index contributed by atoms with van der Waals surface area (Å²) < 4.78 is 10.8. The molecule has 1 aliphatic heterocycles. The minimum Gasteiger partial charge on any atom is -0.393 e. The number of hydrogen-bond acceptors (Lipinski definition) is 3. The summed E-state index contributed by atoms with van der Waals surface area (Å²) in [5.74, 6) is -0.389. The monoisotopic (exact) mass is 144 g/mol. The molecule has 3 nitrogen and oxygen atoms in total. The SMILES string of the molecule is OC1CCC2(C1)OCCO2. The maximum Gasteiger partial charge on any atom is 0.171 e. The molecule has 0 aromatic heterocycles. The average Bonchev–Trinajstić information content (AvgIpc) is 2.46. The molecule has 1 saturated heterocycles. The highest BCUT2D eigenvalue weighted by Gasteiger charge is 2.43. The van der Waals surface area contributed by atoms with E-state index >= 15 is 0 Å². The van der Waals surface area contributed by atoms with Crippen LogP contribution in [0.5, 0.6) is 0 Å². The molecule has 2 rings (SSSR count). The van der Waals surface area contributed by atoms with Crippen LogP contribution in [0.25, 0.3) is 0 Å². The first kappa shape index (κ1) is 6.58. The number of rotatable bonds is 0. The number of ether oxygens (including phenoxy) is 2. The highest BCUT2D eigenvalue weighted by Crippen LogP contribution is 2.36. The van der Waals surface area contributed by atoms with Crippen LogP contribution in [0.15, 0.2) is 0 Å². The fourth-order valence-corrected chi connectivity index (χ4v) is 1.71. The molecule has 1 unspecified atom stereocenters. The fraction of sp³-hybridized carbons (Fsp3) is 1.00. The summed E-state index contributed by atoms with van der Waals surface area (Å²) >= 11 is 0. The predicted octanol–water partition coefficient (Wildman–Crippen LogP) is 0.274. The molecule has 3 heteroatoms. The standard InChI is InChI=1S/C7H12O3/c8-6-1-2-7(5-6)9-3-4-10-7/h6,8H,1-5H2. The van der Waals surface area contributed by atoms with Gasteiger partial charge < -0.3 is 14.6 Å². The van der Waals surface area contributed by atoms with Gasteiger partial charge >= 0.3 is 0 Å². The molecule has 0 aromatic carbocycles. The van der Waals surface area contributed by atoms with Crippen LogP contribution in [0.2, 0.25) is 0 Å². The molecule has 1 spiro atoms.